The monoisotopic (exact) mass is 385 g/mol. The normalized spacial score (nSPS) is 11.7. The summed E-state index contributed by atoms with van der Waals surface area (Å²) in [6.07, 6.45) is -0.795. The summed E-state index contributed by atoms with van der Waals surface area (Å²) in [5.41, 5.74) is 0.842. The molecule has 0 radical (unpaired) electrons. The fourth-order valence-electron chi connectivity index (χ4n) is 1.91. The topological polar surface area (TPSA) is 55.4 Å². The van der Waals surface area contributed by atoms with E-state index in [1.807, 2.05) is 0 Å². The highest BCUT2D eigenvalue weighted by molar-refractivity contribution is 6.42. The van der Waals surface area contributed by atoms with Crippen molar-refractivity contribution in [2.45, 2.75) is 20.0 Å². The Bertz CT molecular complexity index is 752. The molecule has 0 saturated carbocycles. The van der Waals surface area contributed by atoms with Crippen LogP contribution in [0.5, 0.6) is 5.75 Å². The molecule has 1 N–H and O–H groups in total. The van der Waals surface area contributed by atoms with Crippen molar-refractivity contribution in [3.05, 3.63) is 57.0 Å². The van der Waals surface area contributed by atoms with Gasteiger partial charge in [0.25, 0.3) is 5.91 Å². The van der Waals surface area contributed by atoms with Gasteiger partial charge in [-0.3, -0.25) is 9.59 Å². The molecule has 0 aliphatic carbocycles. The van der Waals surface area contributed by atoms with Crippen LogP contribution in [0, 0.1) is 0 Å². The van der Waals surface area contributed by atoms with Crippen molar-refractivity contribution < 1.29 is 14.3 Å². The van der Waals surface area contributed by atoms with Crippen LogP contribution in [-0.2, 0) is 4.79 Å². The Morgan fingerprint density at radius 2 is 1.58 bits per heavy atom. The number of carbonyl (C=O) groups is 2. The van der Waals surface area contributed by atoms with Gasteiger partial charge in [0.15, 0.2) is 11.9 Å². The minimum absolute atomic E-state index is 0.0423. The number of halogens is 3. The summed E-state index contributed by atoms with van der Waals surface area (Å²) in [7, 11) is 0. The molecule has 2 aromatic carbocycles. The van der Waals surface area contributed by atoms with Crippen LogP contribution in [0.1, 0.15) is 24.2 Å². The van der Waals surface area contributed by atoms with Crippen LogP contribution in [0.25, 0.3) is 0 Å². The van der Waals surface area contributed by atoms with Gasteiger partial charge in [-0.25, -0.2) is 0 Å². The summed E-state index contributed by atoms with van der Waals surface area (Å²) >= 11 is 17.9. The molecular weight excluding hydrogens is 373 g/mol. The molecule has 0 spiro atoms. The lowest BCUT2D eigenvalue weighted by atomic mass is 10.1. The lowest BCUT2D eigenvalue weighted by Gasteiger charge is -2.16. The maximum atomic E-state index is 12.2. The highest BCUT2D eigenvalue weighted by Gasteiger charge is 2.18. The highest BCUT2D eigenvalue weighted by Crippen LogP contribution is 2.33. The van der Waals surface area contributed by atoms with Crippen LogP contribution in [0.15, 0.2) is 36.4 Å². The number of nitrogens with one attached hydrogen (secondary N) is 1. The molecule has 4 nitrogen and oxygen atoms in total. The van der Waals surface area contributed by atoms with Crippen molar-refractivity contribution in [3.8, 4) is 5.75 Å². The SMILES string of the molecule is CC(=O)c1ccc(O[C@H](C)C(=O)Nc2c(Cl)cc(Cl)cc2Cl)cc1. The van der Waals surface area contributed by atoms with Gasteiger partial charge in [0.05, 0.1) is 15.7 Å². The number of benzene rings is 2. The fourth-order valence-corrected chi connectivity index (χ4v) is 2.82. The zero-order chi connectivity index (χ0) is 17.9. The molecule has 0 aliphatic heterocycles. The van der Waals surface area contributed by atoms with E-state index < -0.39 is 12.0 Å². The van der Waals surface area contributed by atoms with Gasteiger partial charge >= 0.3 is 0 Å². The van der Waals surface area contributed by atoms with Crippen LogP contribution in [0.2, 0.25) is 15.1 Å². The van der Waals surface area contributed by atoms with Crippen LogP contribution >= 0.6 is 34.8 Å². The van der Waals surface area contributed by atoms with Crippen LogP contribution in [-0.4, -0.2) is 17.8 Å². The van der Waals surface area contributed by atoms with Crippen LogP contribution in [0.3, 0.4) is 0 Å². The number of ether oxygens (including phenoxy) is 1. The first-order chi connectivity index (χ1) is 11.3. The average Bonchev–Trinajstić information content (AvgIpc) is 2.51. The van der Waals surface area contributed by atoms with Gasteiger partial charge < -0.3 is 10.1 Å². The first-order valence-corrected chi connectivity index (χ1v) is 8.14. The Labute approximate surface area is 154 Å². The van der Waals surface area contributed by atoms with Crippen molar-refractivity contribution in [2.24, 2.45) is 0 Å². The lowest BCUT2D eigenvalue weighted by Crippen LogP contribution is -2.30. The number of carbonyl (C=O) groups excluding carboxylic acids is 2. The molecule has 7 heteroatoms. The standard InChI is InChI=1S/C17H14Cl3NO3/c1-9(22)11-3-5-13(6-4-11)24-10(2)17(23)21-16-14(19)7-12(18)8-15(16)20/h3-8,10H,1-2H3,(H,21,23)/t10-/m1/s1. The van der Waals surface area contributed by atoms with Crippen LogP contribution < -0.4 is 10.1 Å². The summed E-state index contributed by atoms with van der Waals surface area (Å²) in [6.45, 7) is 3.07. The average molecular weight is 387 g/mol. The molecule has 0 unspecified atom stereocenters. The van der Waals surface area contributed by atoms with Crippen LogP contribution in [0.4, 0.5) is 5.69 Å². The van der Waals surface area contributed by atoms with Gasteiger partial charge in [0.1, 0.15) is 5.75 Å². The molecule has 0 bridgehead atoms. The Balaban J connectivity index is 2.06. The number of rotatable bonds is 5. The highest BCUT2D eigenvalue weighted by atomic mass is 35.5. The second-order valence-corrected chi connectivity index (χ2v) is 6.33. The molecule has 2 rings (SSSR count). The van der Waals surface area contributed by atoms with Gasteiger partial charge in [0, 0.05) is 10.6 Å². The molecule has 0 aliphatic rings. The molecule has 126 valence electrons. The molecule has 0 aromatic heterocycles. The van der Waals surface area contributed by atoms with E-state index in [-0.39, 0.29) is 21.5 Å². The van der Waals surface area contributed by atoms with E-state index in [1.165, 1.54) is 19.1 Å². The molecular formula is C17H14Cl3NO3. The third-order valence-corrected chi connectivity index (χ3v) is 4.01. The summed E-state index contributed by atoms with van der Waals surface area (Å²) in [5, 5.41) is 3.46. The molecule has 1 amide bonds. The van der Waals surface area contributed by atoms with Crippen molar-refractivity contribution in [1.82, 2.24) is 0 Å². The quantitative estimate of drug-likeness (QED) is 0.714. The summed E-state index contributed by atoms with van der Waals surface area (Å²) in [5.74, 6) is 0.00656. The van der Waals surface area contributed by atoms with E-state index in [2.05, 4.69) is 5.32 Å². The molecule has 1 atom stereocenters. The predicted molar refractivity (Wildman–Crippen MR) is 96.6 cm³/mol. The van der Waals surface area contributed by atoms with Crippen molar-refractivity contribution in [3.63, 3.8) is 0 Å². The summed E-state index contributed by atoms with van der Waals surface area (Å²) in [6, 6.07) is 9.49. The predicted octanol–water partition coefficient (Wildman–Crippen LogP) is 5.26. The fraction of sp³-hybridized carbons (Fsp3) is 0.176. The number of hydrogen-bond acceptors (Lipinski definition) is 3. The lowest BCUT2D eigenvalue weighted by molar-refractivity contribution is -0.122. The third kappa shape index (κ3) is 4.63. The van der Waals surface area contributed by atoms with E-state index >= 15 is 0 Å². The first-order valence-electron chi connectivity index (χ1n) is 7.01. The summed E-state index contributed by atoms with van der Waals surface area (Å²) < 4.78 is 5.55. The van der Waals surface area contributed by atoms with E-state index in [4.69, 9.17) is 39.5 Å². The number of hydrogen-bond donors (Lipinski definition) is 1. The third-order valence-electron chi connectivity index (χ3n) is 3.20. The Morgan fingerprint density at radius 3 is 2.08 bits per heavy atom. The maximum Gasteiger partial charge on any atom is 0.265 e. The number of amides is 1. The minimum Gasteiger partial charge on any atom is -0.481 e. The Hall–Kier alpha value is -1.75. The summed E-state index contributed by atoms with van der Waals surface area (Å²) in [4.78, 5) is 23.5. The largest absolute Gasteiger partial charge is 0.481 e. The Kier molecular flexibility index (Phi) is 6.10. The zero-order valence-corrected chi connectivity index (χ0v) is 15.2. The van der Waals surface area contributed by atoms with Crippen molar-refractivity contribution in [2.75, 3.05) is 5.32 Å². The van der Waals surface area contributed by atoms with Gasteiger partial charge in [-0.05, 0) is 50.2 Å². The van der Waals surface area contributed by atoms with Crippen molar-refractivity contribution in [1.29, 1.82) is 0 Å². The minimum atomic E-state index is -0.795. The zero-order valence-electron chi connectivity index (χ0n) is 12.9. The molecule has 0 heterocycles. The molecule has 24 heavy (non-hydrogen) atoms. The smallest absolute Gasteiger partial charge is 0.265 e. The Morgan fingerprint density at radius 1 is 1.04 bits per heavy atom. The van der Waals surface area contributed by atoms with Gasteiger partial charge in [-0.15, -0.1) is 0 Å². The second-order valence-electron chi connectivity index (χ2n) is 5.07. The number of anilines is 1. The van der Waals surface area contributed by atoms with Crippen molar-refractivity contribution >= 4 is 52.2 Å². The first kappa shape index (κ1) is 18.6. The van der Waals surface area contributed by atoms with E-state index in [0.29, 0.717) is 16.3 Å². The van der Waals surface area contributed by atoms with Gasteiger partial charge in [-0.1, -0.05) is 34.8 Å². The molecule has 2 aromatic rings. The van der Waals surface area contributed by atoms with Gasteiger partial charge in [-0.2, -0.15) is 0 Å². The molecule has 0 fully saturated rings. The number of ketones is 1. The number of Topliss-reactive ketones (excluding diaryl/α,β-unsaturated/α-hetero) is 1. The second kappa shape index (κ2) is 7.88. The molecule has 0 saturated heterocycles. The maximum absolute atomic E-state index is 12.2. The van der Waals surface area contributed by atoms with Gasteiger partial charge in [0.2, 0.25) is 0 Å². The van der Waals surface area contributed by atoms with E-state index in [0.717, 1.165) is 0 Å². The van der Waals surface area contributed by atoms with E-state index in [1.54, 1.807) is 31.2 Å². The van der Waals surface area contributed by atoms with E-state index in [9.17, 15) is 9.59 Å².